The molecule has 3 fully saturated rings. The summed E-state index contributed by atoms with van der Waals surface area (Å²) in [7, 11) is 3.37. The van der Waals surface area contributed by atoms with Gasteiger partial charge in [-0.3, -0.25) is 9.69 Å². The van der Waals surface area contributed by atoms with Gasteiger partial charge in [0, 0.05) is 88.1 Å². The van der Waals surface area contributed by atoms with Crippen LogP contribution in [-0.4, -0.2) is 108 Å². The van der Waals surface area contributed by atoms with Crippen molar-refractivity contribution in [3.8, 4) is 16.9 Å². The van der Waals surface area contributed by atoms with E-state index in [0.29, 0.717) is 31.4 Å². The van der Waals surface area contributed by atoms with Crippen molar-refractivity contribution >= 4 is 22.9 Å². The van der Waals surface area contributed by atoms with Crippen LogP contribution in [0.2, 0.25) is 0 Å². The molecule has 2 aromatic heterocycles. The number of hydrogen-bond donors (Lipinski definition) is 0. The Morgan fingerprint density at radius 3 is 2.31 bits per heavy atom. The Morgan fingerprint density at radius 1 is 0.945 bits per heavy atom. The zero-order chi connectivity index (χ0) is 39.2. The minimum absolute atomic E-state index is 0.119. The van der Waals surface area contributed by atoms with Crippen molar-refractivity contribution < 1.29 is 23.7 Å². The molecule has 3 aliphatic rings. The average molecular weight is 761 g/mol. The number of piperidine rings is 1. The minimum Gasteiger partial charge on any atom is -0.496 e. The molecule has 302 valence electrons. The Morgan fingerprint density at radius 2 is 1.67 bits per heavy atom. The number of methoxy groups -OCH3 is 1. The molecule has 12 nitrogen and oxygen atoms in total. The number of ether oxygens (including phenoxy) is 4. The number of piperazine rings is 1. The summed E-state index contributed by atoms with van der Waals surface area (Å²) in [5, 5.41) is 1.01. The molecule has 1 amide bonds. The third-order valence-corrected chi connectivity index (χ3v) is 11.5. The molecule has 55 heavy (non-hydrogen) atoms. The van der Waals surface area contributed by atoms with E-state index in [-0.39, 0.29) is 23.4 Å². The molecule has 1 unspecified atom stereocenters. The van der Waals surface area contributed by atoms with Crippen LogP contribution < -0.4 is 15.2 Å². The Labute approximate surface area is 327 Å². The molecule has 0 spiro atoms. The summed E-state index contributed by atoms with van der Waals surface area (Å²) in [5.74, 6) is 1.90. The van der Waals surface area contributed by atoms with E-state index in [9.17, 15) is 9.59 Å². The Hall–Kier alpha value is -3.74. The second-order valence-corrected chi connectivity index (χ2v) is 16.9. The monoisotopic (exact) mass is 760 g/mol. The lowest BCUT2D eigenvalue weighted by atomic mass is 9.75. The quantitative estimate of drug-likeness (QED) is 0.178. The van der Waals surface area contributed by atoms with Crippen LogP contribution in [0, 0.1) is 5.92 Å². The van der Waals surface area contributed by atoms with Gasteiger partial charge in [0.1, 0.15) is 11.4 Å². The van der Waals surface area contributed by atoms with Gasteiger partial charge in [0.15, 0.2) is 6.29 Å². The fourth-order valence-electron chi connectivity index (χ4n) is 8.57. The van der Waals surface area contributed by atoms with E-state index in [1.54, 1.807) is 24.8 Å². The summed E-state index contributed by atoms with van der Waals surface area (Å²) in [6.07, 6.45) is 10.5. The maximum absolute atomic E-state index is 12.6. The van der Waals surface area contributed by atoms with Gasteiger partial charge in [0.05, 0.1) is 24.9 Å². The van der Waals surface area contributed by atoms with Crippen LogP contribution in [0.25, 0.3) is 22.0 Å². The van der Waals surface area contributed by atoms with Crippen LogP contribution in [-0.2, 0) is 26.7 Å². The van der Waals surface area contributed by atoms with Crippen molar-refractivity contribution in [2.45, 2.75) is 110 Å². The predicted molar refractivity (Wildman–Crippen MR) is 217 cm³/mol. The molecule has 0 aliphatic carbocycles. The topological polar surface area (TPSA) is 111 Å². The Kier molecular flexibility index (Phi) is 13.4. The van der Waals surface area contributed by atoms with Gasteiger partial charge < -0.3 is 33.3 Å². The Balaban J connectivity index is 1.27. The van der Waals surface area contributed by atoms with Gasteiger partial charge in [-0.05, 0) is 89.3 Å². The highest BCUT2D eigenvalue weighted by Crippen LogP contribution is 2.41. The third kappa shape index (κ3) is 9.99. The first-order valence-corrected chi connectivity index (χ1v) is 20.7. The van der Waals surface area contributed by atoms with Crippen molar-refractivity contribution in [1.82, 2.24) is 24.3 Å². The molecule has 3 saturated heterocycles. The van der Waals surface area contributed by atoms with Crippen molar-refractivity contribution in [2.24, 2.45) is 13.0 Å². The van der Waals surface area contributed by atoms with Crippen LogP contribution >= 0.6 is 0 Å². The molecular weight excluding hydrogens is 697 g/mol. The van der Waals surface area contributed by atoms with Crippen LogP contribution in [0.1, 0.15) is 98.1 Å². The number of carbonyl (C=O) groups excluding carboxylic acids is 1. The molecule has 1 atom stereocenters. The van der Waals surface area contributed by atoms with Crippen LogP contribution in [0.5, 0.6) is 5.75 Å². The largest absolute Gasteiger partial charge is 0.496 e. The van der Waals surface area contributed by atoms with E-state index in [1.807, 2.05) is 31.9 Å². The molecular formula is C43H64N6O6. The molecule has 6 rings (SSSR count). The highest BCUT2D eigenvalue weighted by molar-refractivity contribution is 5.89. The number of aryl methyl sites for hydroxylation is 1. The average Bonchev–Trinajstić information content (AvgIpc) is 3.17. The van der Waals surface area contributed by atoms with E-state index in [2.05, 4.69) is 41.8 Å². The maximum atomic E-state index is 12.6. The molecule has 0 saturated carbocycles. The van der Waals surface area contributed by atoms with Gasteiger partial charge in [-0.2, -0.15) is 0 Å². The standard InChI is InChI=1S/C43H64N6O6/c1-8-17-43(18-9-2,30-54-38-12-10-11-25-53-38)39-33-26-32(34-29-46(6)37(50)27-36(34)52-7)13-14-35(33)44-40(45-39)48-19-15-31(16-20-48)28-47-21-23-49(24-22-47)41(51)55-42(3,4)5/h13-14,26-27,29,31,38H,8-12,15-25,28,30H2,1-7H3. The van der Waals surface area contributed by atoms with Crippen molar-refractivity contribution in [2.75, 3.05) is 71.0 Å². The second-order valence-electron chi connectivity index (χ2n) is 16.9. The summed E-state index contributed by atoms with van der Waals surface area (Å²) in [5.41, 5.74) is 2.79. The number of nitrogens with zero attached hydrogens (tertiary/aromatic N) is 6. The van der Waals surface area contributed by atoms with E-state index in [1.165, 1.54) is 0 Å². The lowest BCUT2D eigenvalue weighted by Crippen LogP contribution is -2.51. The number of carbonyl (C=O) groups is 1. The summed E-state index contributed by atoms with van der Waals surface area (Å²) < 4.78 is 25.6. The third-order valence-electron chi connectivity index (χ3n) is 11.5. The zero-order valence-corrected chi connectivity index (χ0v) is 34.4. The van der Waals surface area contributed by atoms with Crippen molar-refractivity contribution in [3.63, 3.8) is 0 Å². The first-order valence-electron chi connectivity index (χ1n) is 20.7. The molecule has 12 heteroatoms. The number of hydrogen-bond acceptors (Lipinski definition) is 10. The molecule has 3 aromatic rings. The van der Waals surface area contributed by atoms with Crippen molar-refractivity contribution in [1.29, 1.82) is 0 Å². The fourth-order valence-corrected chi connectivity index (χ4v) is 8.57. The summed E-state index contributed by atoms with van der Waals surface area (Å²) in [6.45, 7) is 17.5. The molecule has 5 heterocycles. The number of pyridine rings is 1. The summed E-state index contributed by atoms with van der Waals surface area (Å²) in [6, 6.07) is 7.90. The van der Waals surface area contributed by atoms with E-state index < -0.39 is 5.60 Å². The molecule has 1 aromatic carbocycles. The number of amides is 1. The van der Waals surface area contributed by atoms with Crippen LogP contribution in [0.3, 0.4) is 0 Å². The number of anilines is 1. The fraction of sp³-hybridized carbons (Fsp3) is 0.674. The second kappa shape index (κ2) is 18.0. The van der Waals surface area contributed by atoms with Crippen molar-refractivity contribution in [3.05, 3.63) is 46.5 Å². The van der Waals surface area contributed by atoms with E-state index >= 15 is 0 Å². The van der Waals surface area contributed by atoms with Gasteiger partial charge in [-0.25, -0.2) is 14.8 Å². The van der Waals surface area contributed by atoms with Crippen LogP contribution in [0.15, 0.2) is 35.3 Å². The van der Waals surface area contributed by atoms with E-state index in [0.717, 1.165) is 131 Å². The lowest BCUT2D eigenvalue weighted by Gasteiger charge is -2.39. The maximum Gasteiger partial charge on any atom is 0.410 e. The number of rotatable bonds is 13. The first-order chi connectivity index (χ1) is 26.4. The number of fused-ring (bicyclic) bond motifs is 1. The molecule has 0 bridgehead atoms. The van der Waals surface area contributed by atoms with Gasteiger partial charge in [0.2, 0.25) is 5.95 Å². The zero-order valence-electron chi connectivity index (χ0n) is 34.4. The van der Waals surface area contributed by atoms with E-state index in [4.69, 9.17) is 28.9 Å². The van der Waals surface area contributed by atoms with Gasteiger partial charge in [-0.1, -0.05) is 32.8 Å². The minimum atomic E-state index is -0.482. The highest BCUT2D eigenvalue weighted by Gasteiger charge is 2.37. The van der Waals surface area contributed by atoms with Gasteiger partial charge in [0.25, 0.3) is 5.56 Å². The molecule has 0 N–H and O–H groups in total. The van der Waals surface area contributed by atoms with Gasteiger partial charge >= 0.3 is 6.09 Å². The Bertz CT molecular complexity index is 1800. The summed E-state index contributed by atoms with van der Waals surface area (Å²) >= 11 is 0. The van der Waals surface area contributed by atoms with Crippen LogP contribution in [0.4, 0.5) is 10.7 Å². The predicted octanol–water partition coefficient (Wildman–Crippen LogP) is 7.15. The SMILES string of the molecule is CCCC(CCC)(COC1CCCCO1)c1nc(N2CCC(CN3CCN(C(=O)OC(C)(C)C)CC3)CC2)nc2ccc(-c3cn(C)c(=O)cc3OC)cc12. The summed E-state index contributed by atoms with van der Waals surface area (Å²) in [4.78, 5) is 42.6. The normalized spacial score (nSPS) is 19.2. The molecule has 0 radical (unpaired) electrons. The number of aromatic nitrogens is 3. The first kappa shape index (κ1) is 40.9. The van der Waals surface area contributed by atoms with Gasteiger partial charge in [-0.15, -0.1) is 0 Å². The smallest absolute Gasteiger partial charge is 0.410 e. The number of benzene rings is 1. The molecule has 3 aliphatic heterocycles. The highest BCUT2D eigenvalue weighted by atomic mass is 16.7. The lowest BCUT2D eigenvalue weighted by molar-refractivity contribution is -0.173.